The van der Waals surface area contributed by atoms with Gasteiger partial charge in [0.05, 0.1) is 11.6 Å². The van der Waals surface area contributed by atoms with Crippen LogP contribution in [0.25, 0.3) is 11.3 Å². The van der Waals surface area contributed by atoms with Gasteiger partial charge in [-0.25, -0.2) is 4.98 Å². The predicted octanol–water partition coefficient (Wildman–Crippen LogP) is 3.18. The molecule has 0 radical (unpaired) electrons. The molecule has 0 aliphatic carbocycles. The summed E-state index contributed by atoms with van der Waals surface area (Å²) in [7, 11) is 0. The van der Waals surface area contributed by atoms with E-state index in [0.717, 1.165) is 22.0 Å². The Hall–Kier alpha value is -1.55. The third-order valence-electron chi connectivity index (χ3n) is 2.07. The summed E-state index contributed by atoms with van der Waals surface area (Å²) in [5.74, 6) is 0.847. The van der Waals surface area contributed by atoms with Crippen molar-refractivity contribution in [2.24, 2.45) is 0 Å². The van der Waals surface area contributed by atoms with Gasteiger partial charge in [-0.3, -0.25) is 0 Å². The van der Waals surface area contributed by atoms with Crippen LogP contribution in [0, 0.1) is 0 Å². The average Bonchev–Trinajstić information content (AvgIpc) is 2.64. The van der Waals surface area contributed by atoms with Crippen molar-refractivity contribution >= 4 is 16.3 Å². The second kappa shape index (κ2) is 4.53. The van der Waals surface area contributed by atoms with Gasteiger partial charge in [0.15, 0.2) is 0 Å². The van der Waals surface area contributed by atoms with Crippen LogP contribution in [0.15, 0.2) is 29.8 Å². The van der Waals surface area contributed by atoms with E-state index in [2.05, 4.69) is 4.98 Å². The van der Waals surface area contributed by atoms with Crippen LogP contribution in [0.5, 0.6) is 5.75 Å². The van der Waals surface area contributed by atoms with E-state index >= 15 is 0 Å². The Balaban J connectivity index is 2.33. The summed E-state index contributed by atoms with van der Waals surface area (Å²) in [5, 5.41) is 0.738. The van der Waals surface area contributed by atoms with Gasteiger partial charge in [-0.2, -0.15) is 0 Å². The third-order valence-corrected chi connectivity index (χ3v) is 2.73. The van der Waals surface area contributed by atoms with E-state index in [1.165, 1.54) is 11.3 Å². The van der Waals surface area contributed by atoms with Crippen molar-refractivity contribution in [3.05, 3.63) is 29.8 Å². The zero-order valence-corrected chi connectivity index (χ0v) is 10.1. The molecule has 0 atom stereocenters. The highest BCUT2D eigenvalue weighted by atomic mass is 32.1. The second-order valence-corrected chi connectivity index (χ2v) is 4.65. The van der Waals surface area contributed by atoms with Gasteiger partial charge in [0.1, 0.15) is 16.4 Å². The molecule has 0 aliphatic heterocycles. The second-order valence-electron chi connectivity index (χ2n) is 3.76. The molecule has 0 amide bonds. The Morgan fingerprint density at radius 3 is 2.81 bits per heavy atom. The van der Waals surface area contributed by atoms with Gasteiger partial charge in [0.2, 0.25) is 0 Å². The fraction of sp³-hybridized carbons (Fsp3) is 0.250. The summed E-state index contributed by atoms with van der Waals surface area (Å²) in [4.78, 5) is 4.24. The first-order chi connectivity index (χ1) is 7.66. The molecule has 0 spiro atoms. The van der Waals surface area contributed by atoms with E-state index in [1.54, 1.807) is 5.51 Å². The van der Waals surface area contributed by atoms with E-state index in [-0.39, 0.29) is 6.10 Å². The molecule has 4 heteroatoms. The largest absolute Gasteiger partial charge is 0.491 e. The van der Waals surface area contributed by atoms with Gasteiger partial charge < -0.3 is 10.5 Å². The fourth-order valence-electron chi connectivity index (χ4n) is 1.46. The maximum Gasteiger partial charge on any atom is 0.120 e. The molecule has 2 N–H and O–H groups in total. The number of thiazole rings is 1. The first kappa shape index (κ1) is 11.0. The smallest absolute Gasteiger partial charge is 0.120 e. The minimum absolute atomic E-state index is 0.169. The van der Waals surface area contributed by atoms with Crippen molar-refractivity contribution in [1.29, 1.82) is 0 Å². The summed E-state index contributed by atoms with van der Waals surface area (Å²) in [6.07, 6.45) is 0.169. The molecule has 0 bridgehead atoms. The van der Waals surface area contributed by atoms with Gasteiger partial charge in [-0.15, -0.1) is 11.3 Å². The van der Waals surface area contributed by atoms with Crippen LogP contribution in [0.2, 0.25) is 0 Å². The fourth-order valence-corrected chi connectivity index (χ4v) is 2.01. The zero-order chi connectivity index (χ0) is 11.5. The summed E-state index contributed by atoms with van der Waals surface area (Å²) < 4.78 is 5.63. The minimum Gasteiger partial charge on any atom is -0.491 e. The lowest BCUT2D eigenvalue weighted by molar-refractivity contribution is 0.242. The van der Waals surface area contributed by atoms with Gasteiger partial charge in [-0.05, 0) is 26.0 Å². The number of nitrogen functional groups attached to an aromatic ring is 1. The van der Waals surface area contributed by atoms with E-state index in [9.17, 15) is 0 Å². The van der Waals surface area contributed by atoms with Crippen LogP contribution in [0.1, 0.15) is 13.8 Å². The topological polar surface area (TPSA) is 48.1 Å². The minimum atomic E-state index is 0.169. The number of nitrogens with zero attached hydrogens (tertiary/aromatic N) is 1. The molecule has 0 unspecified atom stereocenters. The third kappa shape index (κ3) is 2.33. The van der Waals surface area contributed by atoms with Crippen molar-refractivity contribution in [3.63, 3.8) is 0 Å². The first-order valence-electron chi connectivity index (χ1n) is 5.13. The number of hydrogen-bond acceptors (Lipinski definition) is 4. The van der Waals surface area contributed by atoms with E-state index < -0.39 is 0 Å². The monoisotopic (exact) mass is 234 g/mol. The molecule has 3 nitrogen and oxygen atoms in total. The lowest BCUT2D eigenvalue weighted by Crippen LogP contribution is -2.05. The van der Waals surface area contributed by atoms with Crippen molar-refractivity contribution in [1.82, 2.24) is 4.98 Å². The zero-order valence-electron chi connectivity index (χ0n) is 9.31. The first-order valence-corrected chi connectivity index (χ1v) is 6.01. The van der Waals surface area contributed by atoms with Crippen molar-refractivity contribution < 1.29 is 4.74 Å². The highest BCUT2D eigenvalue weighted by Gasteiger charge is 2.07. The Labute approximate surface area is 98.9 Å². The van der Waals surface area contributed by atoms with Gasteiger partial charge in [-0.1, -0.05) is 12.1 Å². The Morgan fingerprint density at radius 1 is 1.38 bits per heavy atom. The molecular formula is C12H14N2OS. The highest BCUT2D eigenvalue weighted by Crippen LogP contribution is 2.29. The Morgan fingerprint density at radius 2 is 2.19 bits per heavy atom. The van der Waals surface area contributed by atoms with Crippen molar-refractivity contribution in [2.45, 2.75) is 20.0 Å². The van der Waals surface area contributed by atoms with Gasteiger partial charge in [0, 0.05) is 5.56 Å². The van der Waals surface area contributed by atoms with E-state index in [0.29, 0.717) is 0 Å². The maximum absolute atomic E-state index is 5.84. The standard InChI is InChI=1S/C12H14N2OS/c1-8(2)15-10-5-3-4-9(6-10)11-12(13)16-7-14-11/h3-8H,13H2,1-2H3. The van der Waals surface area contributed by atoms with Crippen LogP contribution >= 0.6 is 11.3 Å². The molecule has 0 aliphatic rings. The molecule has 0 fully saturated rings. The number of ether oxygens (including phenoxy) is 1. The SMILES string of the molecule is CC(C)Oc1cccc(-c2ncsc2N)c1. The normalized spacial score (nSPS) is 10.7. The Bertz CT molecular complexity index is 479. The molecule has 1 aromatic carbocycles. The molecule has 0 saturated heterocycles. The lowest BCUT2D eigenvalue weighted by Gasteiger charge is -2.10. The van der Waals surface area contributed by atoms with Gasteiger partial charge >= 0.3 is 0 Å². The van der Waals surface area contributed by atoms with Crippen LogP contribution < -0.4 is 10.5 Å². The number of aromatic nitrogens is 1. The summed E-state index contributed by atoms with van der Waals surface area (Å²) >= 11 is 1.44. The van der Waals surface area contributed by atoms with E-state index in [1.807, 2.05) is 38.1 Å². The molecule has 84 valence electrons. The molecule has 16 heavy (non-hydrogen) atoms. The number of nitrogens with two attached hydrogens (primary N) is 1. The Kier molecular flexibility index (Phi) is 3.10. The van der Waals surface area contributed by atoms with Crippen LogP contribution in [-0.2, 0) is 0 Å². The molecule has 1 aromatic heterocycles. The number of anilines is 1. The van der Waals surface area contributed by atoms with Gasteiger partial charge in [0.25, 0.3) is 0 Å². The molecule has 1 heterocycles. The summed E-state index contributed by atoms with van der Waals surface area (Å²) in [6.45, 7) is 4.01. The predicted molar refractivity (Wildman–Crippen MR) is 67.7 cm³/mol. The quantitative estimate of drug-likeness (QED) is 0.887. The summed E-state index contributed by atoms with van der Waals surface area (Å²) in [6, 6.07) is 7.84. The van der Waals surface area contributed by atoms with Crippen molar-refractivity contribution in [3.8, 4) is 17.0 Å². The number of rotatable bonds is 3. The maximum atomic E-state index is 5.84. The molecule has 2 rings (SSSR count). The number of hydrogen-bond donors (Lipinski definition) is 1. The van der Waals surface area contributed by atoms with E-state index in [4.69, 9.17) is 10.5 Å². The average molecular weight is 234 g/mol. The van der Waals surface area contributed by atoms with Crippen LogP contribution in [-0.4, -0.2) is 11.1 Å². The van der Waals surface area contributed by atoms with Crippen LogP contribution in [0.3, 0.4) is 0 Å². The summed E-state index contributed by atoms with van der Waals surface area (Å²) in [5.41, 5.74) is 9.42. The number of benzene rings is 1. The lowest BCUT2D eigenvalue weighted by atomic mass is 10.1. The van der Waals surface area contributed by atoms with Crippen molar-refractivity contribution in [2.75, 3.05) is 5.73 Å². The molecule has 2 aromatic rings. The highest BCUT2D eigenvalue weighted by molar-refractivity contribution is 7.14. The molecule has 0 saturated carbocycles. The molecular weight excluding hydrogens is 220 g/mol. The van der Waals surface area contributed by atoms with Crippen LogP contribution in [0.4, 0.5) is 5.00 Å².